The average molecular weight is 293 g/mol. The van der Waals surface area contributed by atoms with Gasteiger partial charge in [0.05, 0.1) is 5.69 Å². The molecule has 1 aromatic heterocycles. The Hall–Kier alpha value is -1.89. The van der Waals surface area contributed by atoms with Crippen LogP contribution in [0.15, 0.2) is 36.5 Å². The van der Waals surface area contributed by atoms with Crippen LogP contribution in [0.25, 0.3) is 23.4 Å². The molecule has 0 aliphatic rings. The van der Waals surface area contributed by atoms with E-state index in [1.54, 1.807) is 0 Å². The van der Waals surface area contributed by atoms with Crippen LogP contribution in [-0.4, -0.2) is 4.98 Å². The number of benzene rings is 1. The van der Waals surface area contributed by atoms with Crippen LogP contribution in [0.4, 0.5) is 0 Å². The third-order valence-electron chi connectivity index (χ3n) is 4.19. The van der Waals surface area contributed by atoms with Crippen LogP contribution < -0.4 is 10.4 Å². The fraction of sp³-hybridized carbons (Fsp3) is 0.381. The van der Waals surface area contributed by atoms with Gasteiger partial charge in [0.25, 0.3) is 0 Å². The van der Waals surface area contributed by atoms with Crippen LogP contribution in [0, 0.1) is 5.92 Å². The standard InChI is InChI=1S/C21H27N/c1-6-16(5)18-10-8-9-11-19(18)21-20(14-15(3)4)17(7-2)12-13-22-21/h7-16H,6H2,1-5H3/b17-7-,20-14+. The van der Waals surface area contributed by atoms with Crippen molar-refractivity contribution < 1.29 is 0 Å². The van der Waals surface area contributed by atoms with Gasteiger partial charge in [-0.3, -0.25) is 4.98 Å². The summed E-state index contributed by atoms with van der Waals surface area (Å²) in [5, 5.41) is 2.52. The van der Waals surface area contributed by atoms with Crippen LogP contribution in [0.3, 0.4) is 0 Å². The average Bonchev–Trinajstić information content (AvgIpc) is 2.54. The van der Waals surface area contributed by atoms with Gasteiger partial charge in [-0.25, -0.2) is 0 Å². The Balaban J connectivity index is 2.80. The Kier molecular flexibility index (Phi) is 5.54. The van der Waals surface area contributed by atoms with Gasteiger partial charge in [0.1, 0.15) is 0 Å². The molecule has 2 aromatic rings. The van der Waals surface area contributed by atoms with Crippen LogP contribution in [0.1, 0.15) is 52.5 Å². The molecule has 0 fully saturated rings. The van der Waals surface area contributed by atoms with Crippen molar-refractivity contribution in [2.75, 3.05) is 0 Å². The SMILES string of the molecule is C/C=c1/ccnc(-c2ccccc2C(C)CC)/c1=C/C(C)C. The molecule has 1 nitrogen and oxygen atoms in total. The minimum Gasteiger partial charge on any atom is -0.256 e. The molecule has 0 saturated heterocycles. The second kappa shape index (κ2) is 7.40. The zero-order chi connectivity index (χ0) is 16.1. The van der Waals surface area contributed by atoms with Gasteiger partial charge in [-0.15, -0.1) is 0 Å². The van der Waals surface area contributed by atoms with E-state index >= 15 is 0 Å². The Bertz CT molecular complexity index is 741. The van der Waals surface area contributed by atoms with Gasteiger partial charge in [0, 0.05) is 17.0 Å². The molecule has 1 unspecified atom stereocenters. The summed E-state index contributed by atoms with van der Waals surface area (Å²) < 4.78 is 0. The second-order valence-electron chi connectivity index (χ2n) is 6.26. The lowest BCUT2D eigenvalue weighted by Crippen LogP contribution is -2.28. The summed E-state index contributed by atoms with van der Waals surface area (Å²) in [6, 6.07) is 10.8. The first-order valence-corrected chi connectivity index (χ1v) is 8.31. The Morgan fingerprint density at radius 1 is 1.09 bits per heavy atom. The van der Waals surface area contributed by atoms with Gasteiger partial charge < -0.3 is 0 Å². The summed E-state index contributed by atoms with van der Waals surface area (Å²) in [6.45, 7) is 11.1. The number of hydrogen-bond acceptors (Lipinski definition) is 1. The third-order valence-corrected chi connectivity index (χ3v) is 4.19. The van der Waals surface area contributed by atoms with Crippen molar-refractivity contribution in [3.63, 3.8) is 0 Å². The number of pyridine rings is 1. The lowest BCUT2D eigenvalue weighted by Gasteiger charge is -2.15. The molecule has 1 aromatic carbocycles. The molecular weight excluding hydrogens is 266 g/mol. The normalized spacial score (nSPS) is 14.6. The highest BCUT2D eigenvalue weighted by atomic mass is 14.7. The lowest BCUT2D eigenvalue weighted by molar-refractivity contribution is 0.735. The molecule has 1 heteroatoms. The van der Waals surface area contributed by atoms with Crippen molar-refractivity contribution in [1.82, 2.24) is 4.98 Å². The quantitative estimate of drug-likeness (QED) is 0.809. The van der Waals surface area contributed by atoms with Gasteiger partial charge in [-0.2, -0.15) is 0 Å². The van der Waals surface area contributed by atoms with Crippen molar-refractivity contribution in [3.05, 3.63) is 52.5 Å². The number of aromatic nitrogens is 1. The van der Waals surface area contributed by atoms with Crippen molar-refractivity contribution in [2.45, 2.75) is 47.0 Å². The molecule has 2 rings (SSSR count). The Labute approximate surface area is 134 Å². The van der Waals surface area contributed by atoms with E-state index in [0.29, 0.717) is 11.8 Å². The van der Waals surface area contributed by atoms with E-state index in [0.717, 1.165) is 12.1 Å². The summed E-state index contributed by atoms with van der Waals surface area (Å²) in [5.41, 5.74) is 3.77. The minimum atomic E-state index is 0.498. The lowest BCUT2D eigenvalue weighted by atomic mass is 9.91. The zero-order valence-corrected chi connectivity index (χ0v) is 14.4. The molecule has 0 saturated carbocycles. The largest absolute Gasteiger partial charge is 0.256 e. The second-order valence-corrected chi connectivity index (χ2v) is 6.26. The van der Waals surface area contributed by atoms with E-state index in [1.807, 2.05) is 6.20 Å². The number of hydrogen-bond donors (Lipinski definition) is 0. The predicted molar refractivity (Wildman–Crippen MR) is 97.1 cm³/mol. The fourth-order valence-corrected chi connectivity index (χ4v) is 2.83. The Morgan fingerprint density at radius 2 is 1.82 bits per heavy atom. The highest BCUT2D eigenvalue weighted by molar-refractivity contribution is 5.66. The molecule has 0 spiro atoms. The van der Waals surface area contributed by atoms with Crippen molar-refractivity contribution in [2.24, 2.45) is 5.92 Å². The van der Waals surface area contributed by atoms with E-state index in [-0.39, 0.29) is 0 Å². The van der Waals surface area contributed by atoms with Crippen LogP contribution >= 0.6 is 0 Å². The summed E-state index contributed by atoms with van der Waals surface area (Å²) >= 11 is 0. The highest BCUT2D eigenvalue weighted by Crippen LogP contribution is 2.27. The first-order valence-electron chi connectivity index (χ1n) is 8.31. The van der Waals surface area contributed by atoms with Gasteiger partial charge >= 0.3 is 0 Å². The van der Waals surface area contributed by atoms with Gasteiger partial charge in [0.2, 0.25) is 0 Å². The smallest absolute Gasteiger partial charge is 0.0779 e. The maximum Gasteiger partial charge on any atom is 0.0779 e. The van der Waals surface area contributed by atoms with Crippen molar-refractivity contribution >= 4 is 12.2 Å². The number of rotatable bonds is 4. The van der Waals surface area contributed by atoms with E-state index in [1.165, 1.54) is 21.6 Å². The molecular formula is C21H27N. The zero-order valence-electron chi connectivity index (χ0n) is 14.4. The third kappa shape index (κ3) is 3.47. The molecule has 1 atom stereocenters. The van der Waals surface area contributed by atoms with E-state index in [2.05, 4.69) is 77.1 Å². The van der Waals surface area contributed by atoms with Crippen molar-refractivity contribution in [1.29, 1.82) is 0 Å². The summed E-state index contributed by atoms with van der Waals surface area (Å²) in [7, 11) is 0. The highest BCUT2D eigenvalue weighted by Gasteiger charge is 2.12. The monoisotopic (exact) mass is 293 g/mol. The van der Waals surface area contributed by atoms with Gasteiger partial charge in [-0.05, 0) is 42.0 Å². The Morgan fingerprint density at radius 3 is 2.45 bits per heavy atom. The first-order chi connectivity index (χ1) is 10.6. The van der Waals surface area contributed by atoms with Gasteiger partial charge in [-0.1, -0.05) is 64.1 Å². The topological polar surface area (TPSA) is 12.9 Å². The molecule has 0 aliphatic carbocycles. The maximum absolute atomic E-state index is 4.74. The first kappa shape index (κ1) is 16.5. The van der Waals surface area contributed by atoms with E-state index in [4.69, 9.17) is 4.98 Å². The summed E-state index contributed by atoms with van der Waals surface area (Å²) in [5.74, 6) is 1.04. The maximum atomic E-state index is 4.74. The fourth-order valence-electron chi connectivity index (χ4n) is 2.83. The number of nitrogens with zero attached hydrogens (tertiary/aromatic N) is 1. The molecule has 22 heavy (non-hydrogen) atoms. The van der Waals surface area contributed by atoms with E-state index in [9.17, 15) is 0 Å². The molecule has 1 heterocycles. The summed E-state index contributed by atoms with van der Waals surface area (Å²) in [4.78, 5) is 4.74. The van der Waals surface area contributed by atoms with E-state index < -0.39 is 0 Å². The minimum absolute atomic E-state index is 0.498. The molecule has 0 bridgehead atoms. The van der Waals surface area contributed by atoms with Crippen LogP contribution in [0.5, 0.6) is 0 Å². The van der Waals surface area contributed by atoms with Crippen LogP contribution in [-0.2, 0) is 0 Å². The van der Waals surface area contributed by atoms with Crippen molar-refractivity contribution in [3.8, 4) is 11.3 Å². The molecule has 0 radical (unpaired) electrons. The molecule has 0 amide bonds. The summed E-state index contributed by atoms with van der Waals surface area (Å²) in [6.07, 6.45) is 7.56. The van der Waals surface area contributed by atoms with Gasteiger partial charge in [0.15, 0.2) is 0 Å². The predicted octanol–water partition coefficient (Wildman–Crippen LogP) is 4.50. The van der Waals surface area contributed by atoms with Crippen LogP contribution in [0.2, 0.25) is 0 Å². The molecule has 116 valence electrons. The molecule has 0 aliphatic heterocycles. The molecule has 0 N–H and O–H groups in total.